The van der Waals surface area contributed by atoms with Gasteiger partial charge >= 0.3 is 13.8 Å². The van der Waals surface area contributed by atoms with E-state index in [1.807, 2.05) is 6.07 Å². The van der Waals surface area contributed by atoms with E-state index in [9.17, 15) is 9.36 Å². The quantitative estimate of drug-likeness (QED) is 0.530. The summed E-state index contributed by atoms with van der Waals surface area (Å²) in [6, 6.07) is 7.86. The fourth-order valence-electron chi connectivity index (χ4n) is 1.23. The summed E-state index contributed by atoms with van der Waals surface area (Å²) < 4.78 is 14.6. The highest BCUT2D eigenvalue weighted by atomic mass is 31.2. The molecule has 8 heteroatoms. The van der Waals surface area contributed by atoms with Gasteiger partial charge in [0.15, 0.2) is 0 Å². The Labute approximate surface area is 104 Å². The third-order valence-corrected chi connectivity index (χ3v) is 2.59. The molecule has 1 unspecified atom stereocenters. The number of benzene rings is 1. The van der Waals surface area contributed by atoms with Gasteiger partial charge in [-0.25, -0.2) is 4.57 Å². The number of carboxylic acid groups (broad SMARTS) is 1. The van der Waals surface area contributed by atoms with Crippen LogP contribution in [0.4, 0.5) is 0 Å². The molecule has 0 spiro atoms. The van der Waals surface area contributed by atoms with Gasteiger partial charge < -0.3 is 14.9 Å². The van der Waals surface area contributed by atoms with E-state index < -0.39 is 26.4 Å². The Morgan fingerprint density at radius 2 is 1.94 bits per heavy atom. The molecule has 100 valence electrons. The number of hydrogen-bond donors (Lipinski definition) is 4. The number of phosphoric acid groups is 1. The number of carbonyl (C=O) groups is 1. The van der Waals surface area contributed by atoms with Crippen LogP contribution in [-0.2, 0) is 20.4 Å². The molecule has 0 aliphatic heterocycles. The lowest BCUT2D eigenvalue weighted by Gasteiger charge is -2.15. The number of nitrogens with one attached hydrogen (secondary N) is 1. The molecular formula is C10H14NO6P. The largest absolute Gasteiger partial charge is 0.480 e. The molecule has 4 N–H and O–H groups in total. The first-order valence-corrected chi connectivity index (χ1v) is 6.62. The minimum atomic E-state index is -4.66. The summed E-state index contributed by atoms with van der Waals surface area (Å²) in [5, 5.41) is 11.5. The van der Waals surface area contributed by atoms with Crippen molar-refractivity contribution < 1.29 is 28.8 Å². The summed E-state index contributed by atoms with van der Waals surface area (Å²) in [7, 11) is -4.66. The van der Waals surface area contributed by atoms with Gasteiger partial charge in [0.2, 0.25) is 0 Å². The van der Waals surface area contributed by atoms with E-state index >= 15 is 0 Å². The van der Waals surface area contributed by atoms with Crippen molar-refractivity contribution in [2.24, 2.45) is 0 Å². The van der Waals surface area contributed by atoms with Crippen LogP contribution in [0.5, 0.6) is 0 Å². The van der Waals surface area contributed by atoms with E-state index in [-0.39, 0.29) is 6.54 Å². The minimum absolute atomic E-state index is 0.266. The first kappa shape index (κ1) is 14.8. The highest BCUT2D eigenvalue weighted by Gasteiger charge is 2.22. The third kappa shape index (κ3) is 5.90. The molecule has 0 fully saturated rings. The normalized spacial score (nSPS) is 13.2. The maximum absolute atomic E-state index is 10.8. The molecule has 0 saturated carbocycles. The molecule has 0 aliphatic rings. The zero-order chi connectivity index (χ0) is 13.6. The average Bonchev–Trinajstić information content (AvgIpc) is 2.28. The summed E-state index contributed by atoms with van der Waals surface area (Å²) in [6.07, 6.45) is 0. The average molecular weight is 275 g/mol. The van der Waals surface area contributed by atoms with E-state index in [2.05, 4.69) is 9.84 Å². The van der Waals surface area contributed by atoms with Crippen molar-refractivity contribution in [1.29, 1.82) is 0 Å². The van der Waals surface area contributed by atoms with Crippen molar-refractivity contribution in [1.82, 2.24) is 5.32 Å². The van der Waals surface area contributed by atoms with Crippen LogP contribution >= 0.6 is 7.82 Å². The van der Waals surface area contributed by atoms with E-state index in [4.69, 9.17) is 14.9 Å². The number of phosphoric ester groups is 1. The number of aliphatic carboxylic acids is 1. The first-order chi connectivity index (χ1) is 8.38. The number of hydrogen-bond acceptors (Lipinski definition) is 4. The van der Waals surface area contributed by atoms with E-state index in [0.717, 1.165) is 5.56 Å². The first-order valence-electron chi connectivity index (χ1n) is 5.08. The molecule has 0 heterocycles. The standard InChI is InChI=1S/C10H14NO6P/c12-10(13)9(7-17-18(14,15)16)11-6-8-4-2-1-3-5-8/h1-5,9,11H,6-7H2,(H,12,13)(H2,14,15,16). The molecule has 0 radical (unpaired) electrons. The lowest BCUT2D eigenvalue weighted by molar-refractivity contribution is -0.140. The van der Waals surface area contributed by atoms with Gasteiger partial charge in [-0.3, -0.25) is 14.6 Å². The fourth-order valence-corrected chi connectivity index (χ4v) is 1.57. The van der Waals surface area contributed by atoms with Gasteiger partial charge in [-0.2, -0.15) is 0 Å². The molecule has 0 aromatic heterocycles. The molecule has 0 aliphatic carbocycles. The van der Waals surface area contributed by atoms with Gasteiger partial charge in [0.25, 0.3) is 0 Å². The lowest BCUT2D eigenvalue weighted by Crippen LogP contribution is -2.39. The molecule has 1 rings (SSSR count). The highest BCUT2D eigenvalue weighted by Crippen LogP contribution is 2.35. The monoisotopic (exact) mass is 275 g/mol. The van der Waals surface area contributed by atoms with E-state index in [1.165, 1.54) is 0 Å². The van der Waals surface area contributed by atoms with Crippen LogP contribution in [0.3, 0.4) is 0 Å². The van der Waals surface area contributed by atoms with Crippen LogP contribution in [0.1, 0.15) is 5.56 Å². The van der Waals surface area contributed by atoms with Crippen LogP contribution in [0.2, 0.25) is 0 Å². The van der Waals surface area contributed by atoms with Gasteiger partial charge in [-0.1, -0.05) is 30.3 Å². The topological polar surface area (TPSA) is 116 Å². The molecular weight excluding hydrogens is 261 g/mol. The van der Waals surface area contributed by atoms with Crippen molar-refractivity contribution in [2.45, 2.75) is 12.6 Å². The highest BCUT2D eigenvalue weighted by molar-refractivity contribution is 7.46. The molecule has 18 heavy (non-hydrogen) atoms. The van der Waals surface area contributed by atoms with Crippen molar-refractivity contribution in [3.63, 3.8) is 0 Å². The summed E-state index contributed by atoms with van der Waals surface area (Å²) >= 11 is 0. The second kappa shape index (κ2) is 6.63. The minimum Gasteiger partial charge on any atom is -0.480 e. The molecule has 0 saturated heterocycles. The van der Waals surface area contributed by atoms with Gasteiger partial charge in [-0.15, -0.1) is 0 Å². The van der Waals surface area contributed by atoms with Crippen molar-refractivity contribution in [2.75, 3.05) is 6.61 Å². The number of rotatable bonds is 7. The Morgan fingerprint density at radius 1 is 1.33 bits per heavy atom. The van der Waals surface area contributed by atoms with Crippen molar-refractivity contribution >= 4 is 13.8 Å². The van der Waals surface area contributed by atoms with Gasteiger partial charge in [0.1, 0.15) is 6.04 Å². The Morgan fingerprint density at radius 3 is 2.44 bits per heavy atom. The van der Waals surface area contributed by atoms with Crippen LogP contribution in [0.25, 0.3) is 0 Å². The smallest absolute Gasteiger partial charge is 0.469 e. The number of carboxylic acids is 1. The third-order valence-electron chi connectivity index (χ3n) is 2.10. The van der Waals surface area contributed by atoms with Crippen molar-refractivity contribution in [3.05, 3.63) is 35.9 Å². The second-order valence-corrected chi connectivity index (χ2v) is 4.78. The fraction of sp³-hybridized carbons (Fsp3) is 0.300. The van der Waals surface area contributed by atoms with Crippen LogP contribution in [0.15, 0.2) is 30.3 Å². The predicted molar refractivity (Wildman–Crippen MR) is 62.7 cm³/mol. The Hall–Kier alpha value is -1.24. The van der Waals surface area contributed by atoms with Gasteiger partial charge in [-0.05, 0) is 5.56 Å². The summed E-state index contributed by atoms with van der Waals surface area (Å²) in [5.41, 5.74) is 0.861. The van der Waals surface area contributed by atoms with Crippen LogP contribution < -0.4 is 5.32 Å². The molecule has 7 nitrogen and oxygen atoms in total. The maximum atomic E-state index is 10.8. The van der Waals surface area contributed by atoms with Crippen molar-refractivity contribution in [3.8, 4) is 0 Å². The maximum Gasteiger partial charge on any atom is 0.469 e. The lowest BCUT2D eigenvalue weighted by atomic mass is 10.2. The zero-order valence-electron chi connectivity index (χ0n) is 9.39. The summed E-state index contributed by atoms with van der Waals surface area (Å²) in [5.74, 6) is -1.24. The Balaban J connectivity index is 2.49. The Kier molecular flexibility index (Phi) is 5.46. The second-order valence-electron chi connectivity index (χ2n) is 3.54. The zero-order valence-corrected chi connectivity index (χ0v) is 10.3. The molecule has 1 aromatic rings. The molecule has 1 aromatic carbocycles. The van der Waals surface area contributed by atoms with Gasteiger partial charge in [0.05, 0.1) is 6.61 Å². The predicted octanol–water partition coefficient (Wildman–Crippen LogP) is 0.339. The summed E-state index contributed by atoms with van der Waals surface area (Å²) in [4.78, 5) is 27.8. The molecule has 0 amide bonds. The van der Waals surface area contributed by atoms with Crippen LogP contribution in [-0.4, -0.2) is 33.5 Å². The summed E-state index contributed by atoms with van der Waals surface area (Å²) in [6.45, 7) is -0.339. The van der Waals surface area contributed by atoms with E-state index in [1.54, 1.807) is 24.3 Å². The SMILES string of the molecule is O=C(O)C(COP(=O)(O)O)NCc1ccccc1. The Bertz CT molecular complexity index is 431. The van der Waals surface area contributed by atoms with Crippen LogP contribution in [0, 0.1) is 0 Å². The van der Waals surface area contributed by atoms with Gasteiger partial charge in [0, 0.05) is 6.54 Å². The molecule has 0 bridgehead atoms. The van der Waals surface area contributed by atoms with E-state index in [0.29, 0.717) is 0 Å². The molecule has 1 atom stereocenters.